The lowest BCUT2D eigenvalue weighted by molar-refractivity contribution is 0.660. The van der Waals surface area contributed by atoms with Crippen LogP contribution in [0.3, 0.4) is 0 Å². The molecule has 46 heavy (non-hydrogen) atoms. The molecule has 0 atom stereocenters. The van der Waals surface area contributed by atoms with Crippen molar-refractivity contribution in [3.8, 4) is 51.0 Å². The standard InChI is InChI=1S/C42H30N4/c1-42(2)35-17-9-6-14-31(35)32-25-22-29(26-36(32)42)41-44-39(27-12-4-3-5-13-27)43-40(45-41)28-20-23-30(24-21-28)46-37-18-10-7-15-33(37)34-16-8-11-19-38(34)46/h3-26H,1-2H3. The minimum absolute atomic E-state index is 0.108. The number of hydrogen-bond acceptors (Lipinski definition) is 3. The van der Waals surface area contributed by atoms with E-state index < -0.39 is 0 Å². The molecule has 218 valence electrons. The maximum atomic E-state index is 5.09. The van der Waals surface area contributed by atoms with Crippen molar-refractivity contribution in [1.82, 2.24) is 19.5 Å². The van der Waals surface area contributed by atoms with Gasteiger partial charge in [-0.15, -0.1) is 0 Å². The first-order chi connectivity index (χ1) is 22.6. The Morgan fingerprint density at radius 3 is 1.61 bits per heavy atom. The van der Waals surface area contributed by atoms with Gasteiger partial charge in [0.1, 0.15) is 0 Å². The molecule has 0 radical (unpaired) electrons. The van der Waals surface area contributed by atoms with E-state index in [4.69, 9.17) is 15.0 Å². The van der Waals surface area contributed by atoms with Crippen LogP contribution in [0, 0.1) is 0 Å². The average molecular weight is 591 g/mol. The largest absolute Gasteiger partial charge is 0.309 e. The molecule has 6 aromatic carbocycles. The zero-order valence-corrected chi connectivity index (χ0v) is 25.6. The molecule has 9 rings (SSSR count). The van der Waals surface area contributed by atoms with Crippen molar-refractivity contribution in [2.75, 3.05) is 0 Å². The quantitative estimate of drug-likeness (QED) is 0.205. The van der Waals surface area contributed by atoms with Crippen LogP contribution in [0.2, 0.25) is 0 Å². The molecule has 0 spiro atoms. The minimum Gasteiger partial charge on any atom is -0.309 e. The molecule has 4 nitrogen and oxygen atoms in total. The van der Waals surface area contributed by atoms with Gasteiger partial charge >= 0.3 is 0 Å². The van der Waals surface area contributed by atoms with Crippen molar-refractivity contribution >= 4 is 21.8 Å². The van der Waals surface area contributed by atoms with Gasteiger partial charge in [0.15, 0.2) is 17.5 Å². The van der Waals surface area contributed by atoms with Crippen LogP contribution >= 0.6 is 0 Å². The molecule has 0 N–H and O–H groups in total. The summed E-state index contributed by atoms with van der Waals surface area (Å²) in [6.07, 6.45) is 0. The molecule has 1 aliphatic carbocycles. The van der Waals surface area contributed by atoms with Crippen LogP contribution in [-0.4, -0.2) is 19.5 Å². The predicted molar refractivity (Wildman–Crippen MR) is 188 cm³/mol. The third-order valence-electron chi connectivity index (χ3n) is 9.47. The lowest BCUT2D eigenvalue weighted by Gasteiger charge is -2.21. The Hall–Kier alpha value is -5.87. The fourth-order valence-corrected chi connectivity index (χ4v) is 7.15. The van der Waals surface area contributed by atoms with E-state index in [-0.39, 0.29) is 5.41 Å². The highest BCUT2D eigenvalue weighted by atomic mass is 15.0. The number of rotatable bonds is 4. The average Bonchev–Trinajstić information content (AvgIpc) is 3.57. The molecule has 0 saturated carbocycles. The maximum absolute atomic E-state index is 5.09. The van der Waals surface area contributed by atoms with Crippen molar-refractivity contribution < 1.29 is 0 Å². The highest BCUT2D eigenvalue weighted by molar-refractivity contribution is 6.09. The molecule has 1 aliphatic rings. The summed E-state index contributed by atoms with van der Waals surface area (Å²) in [7, 11) is 0. The van der Waals surface area contributed by atoms with Crippen molar-refractivity contribution in [3.05, 3.63) is 157 Å². The van der Waals surface area contributed by atoms with Crippen LogP contribution in [0.4, 0.5) is 0 Å². The van der Waals surface area contributed by atoms with Crippen LogP contribution in [0.1, 0.15) is 25.0 Å². The topological polar surface area (TPSA) is 43.6 Å². The molecule has 4 heteroatoms. The van der Waals surface area contributed by atoms with Crippen molar-refractivity contribution in [2.24, 2.45) is 0 Å². The zero-order valence-electron chi connectivity index (χ0n) is 25.6. The summed E-state index contributed by atoms with van der Waals surface area (Å²) in [5, 5.41) is 2.50. The first-order valence-corrected chi connectivity index (χ1v) is 15.7. The molecule has 0 amide bonds. The summed E-state index contributed by atoms with van der Waals surface area (Å²) in [4.78, 5) is 15.1. The second-order valence-electron chi connectivity index (χ2n) is 12.5. The Kier molecular flexibility index (Phi) is 5.81. The SMILES string of the molecule is CC1(C)c2ccccc2-c2ccc(-c3nc(-c4ccccc4)nc(-c4ccc(-n5c6ccccc6c6ccccc65)cc4)n3)cc21. The molecule has 2 heterocycles. The summed E-state index contributed by atoms with van der Waals surface area (Å²) >= 11 is 0. The highest BCUT2D eigenvalue weighted by Crippen LogP contribution is 2.49. The van der Waals surface area contributed by atoms with Crippen LogP contribution in [0.15, 0.2) is 146 Å². The van der Waals surface area contributed by atoms with Crippen LogP contribution < -0.4 is 0 Å². The predicted octanol–water partition coefficient (Wildman–Crippen LogP) is 10.3. The van der Waals surface area contributed by atoms with E-state index in [9.17, 15) is 0 Å². The van der Waals surface area contributed by atoms with E-state index >= 15 is 0 Å². The van der Waals surface area contributed by atoms with Gasteiger partial charge in [0.2, 0.25) is 0 Å². The summed E-state index contributed by atoms with van der Waals surface area (Å²) in [5.41, 5.74) is 11.5. The Morgan fingerprint density at radius 2 is 0.935 bits per heavy atom. The molecule has 0 saturated heterocycles. The molecule has 0 unspecified atom stereocenters. The number of hydrogen-bond donors (Lipinski definition) is 0. The molecule has 2 aromatic heterocycles. The molecular weight excluding hydrogens is 560 g/mol. The maximum Gasteiger partial charge on any atom is 0.164 e. The highest BCUT2D eigenvalue weighted by Gasteiger charge is 2.35. The first kappa shape index (κ1) is 26.5. The Labute approximate surface area is 267 Å². The van der Waals surface area contributed by atoms with Crippen molar-refractivity contribution in [1.29, 1.82) is 0 Å². The van der Waals surface area contributed by atoms with E-state index in [0.717, 1.165) is 22.4 Å². The Balaban J connectivity index is 1.17. The van der Waals surface area contributed by atoms with E-state index in [1.807, 2.05) is 18.2 Å². The summed E-state index contributed by atoms with van der Waals surface area (Å²) in [6, 6.07) is 51.2. The molecule has 0 bridgehead atoms. The second-order valence-corrected chi connectivity index (χ2v) is 12.5. The van der Waals surface area contributed by atoms with E-state index in [2.05, 4.69) is 146 Å². The van der Waals surface area contributed by atoms with Gasteiger partial charge in [-0.2, -0.15) is 0 Å². The summed E-state index contributed by atoms with van der Waals surface area (Å²) in [5.74, 6) is 1.99. The van der Waals surface area contributed by atoms with Gasteiger partial charge in [0, 0.05) is 38.6 Å². The fraction of sp³-hybridized carbons (Fsp3) is 0.0714. The van der Waals surface area contributed by atoms with Gasteiger partial charge in [-0.25, -0.2) is 15.0 Å². The number of para-hydroxylation sites is 2. The van der Waals surface area contributed by atoms with E-state index in [1.165, 1.54) is 44.1 Å². The summed E-state index contributed by atoms with van der Waals surface area (Å²) < 4.78 is 2.33. The summed E-state index contributed by atoms with van der Waals surface area (Å²) in [6.45, 7) is 4.60. The van der Waals surface area contributed by atoms with Gasteiger partial charge in [-0.3, -0.25) is 0 Å². The first-order valence-electron chi connectivity index (χ1n) is 15.7. The smallest absolute Gasteiger partial charge is 0.164 e. The van der Waals surface area contributed by atoms with Gasteiger partial charge in [0.05, 0.1) is 11.0 Å². The van der Waals surface area contributed by atoms with E-state index in [1.54, 1.807) is 0 Å². The lowest BCUT2D eigenvalue weighted by atomic mass is 9.82. The monoisotopic (exact) mass is 590 g/mol. The van der Waals surface area contributed by atoms with Crippen LogP contribution in [-0.2, 0) is 5.41 Å². The molecule has 0 aliphatic heterocycles. The number of aromatic nitrogens is 4. The van der Waals surface area contributed by atoms with Gasteiger partial charge < -0.3 is 4.57 Å². The normalized spacial score (nSPS) is 13.2. The number of nitrogens with zero attached hydrogens (tertiary/aromatic N) is 4. The van der Waals surface area contributed by atoms with Crippen molar-refractivity contribution in [2.45, 2.75) is 19.3 Å². The van der Waals surface area contributed by atoms with Gasteiger partial charge in [-0.1, -0.05) is 117 Å². The van der Waals surface area contributed by atoms with Crippen LogP contribution in [0.25, 0.3) is 72.8 Å². The third-order valence-corrected chi connectivity index (χ3v) is 9.47. The minimum atomic E-state index is -0.108. The van der Waals surface area contributed by atoms with Gasteiger partial charge in [0.25, 0.3) is 0 Å². The molecular formula is C42H30N4. The zero-order chi connectivity index (χ0) is 30.8. The van der Waals surface area contributed by atoms with Crippen LogP contribution in [0.5, 0.6) is 0 Å². The van der Waals surface area contributed by atoms with E-state index in [0.29, 0.717) is 17.5 Å². The fourth-order valence-electron chi connectivity index (χ4n) is 7.15. The second kappa shape index (κ2) is 10.1. The molecule has 8 aromatic rings. The van der Waals surface area contributed by atoms with Crippen molar-refractivity contribution in [3.63, 3.8) is 0 Å². The lowest BCUT2D eigenvalue weighted by Crippen LogP contribution is -2.15. The Bertz CT molecular complexity index is 2380. The number of fused-ring (bicyclic) bond motifs is 6. The third kappa shape index (κ3) is 4.04. The van der Waals surface area contributed by atoms with Gasteiger partial charge in [-0.05, 0) is 64.7 Å². The molecule has 0 fully saturated rings. The number of benzene rings is 6. The Morgan fingerprint density at radius 1 is 0.435 bits per heavy atom.